The summed E-state index contributed by atoms with van der Waals surface area (Å²) in [7, 11) is 0. The molecule has 6 aliphatic rings. The first-order valence-electron chi connectivity index (χ1n) is 16.1. The summed E-state index contributed by atoms with van der Waals surface area (Å²) in [6, 6.07) is 21.9. The predicted octanol–water partition coefficient (Wildman–Crippen LogP) is 5.49. The van der Waals surface area contributed by atoms with Crippen molar-refractivity contribution in [3.05, 3.63) is 143 Å². The maximum Gasteiger partial charge on any atom is 0.335 e. The van der Waals surface area contributed by atoms with Crippen molar-refractivity contribution in [1.82, 2.24) is 39.7 Å². The molecule has 6 aliphatic heterocycles. The Balaban J connectivity index is 1.35. The molecule has 0 spiro atoms. The lowest BCUT2D eigenvalue weighted by molar-refractivity contribution is 0.0685. The second-order valence-electron chi connectivity index (χ2n) is 12.5. The van der Waals surface area contributed by atoms with Crippen LogP contribution in [-0.4, -0.2) is 61.9 Å². The highest BCUT2D eigenvalue weighted by Crippen LogP contribution is 2.26. The number of rotatable bonds is 2. The van der Waals surface area contributed by atoms with Crippen molar-refractivity contribution < 1.29 is 19.8 Å². The molecule has 12 nitrogen and oxygen atoms in total. The van der Waals surface area contributed by atoms with Gasteiger partial charge in [0, 0.05) is 86.3 Å². The fraction of sp³-hybridized carbons (Fsp3) is 0.158. The monoisotopic (exact) mass is 662 g/mol. The molecule has 6 aromatic heterocycles. The van der Waals surface area contributed by atoms with E-state index in [4.69, 9.17) is 29.9 Å². The zero-order valence-corrected chi connectivity index (χ0v) is 26.8. The highest BCUT2D eigenvalue weighted by Gasteiger charge is 2.20. The summed E-state index contributed by atoms with van der Waals surface area (Å²) < 4.78 is 0. The predicted molar refractivity (Wildman–Crippen MR) is 182 cm³/mol. The second-order valence-corrected chi connectivity index (χ2v) is 12.5. The van der Waals surface area contributed by atoms with Crippen LogP contribution in [0.4, 0.5) is 0 Å². The van der Waals surface area contributed by atoms with Crippen molar-refractivity contribution in [3.8, 4) is 33.6 Å². The number of hydrogen-bond acceptors (Lipinski definition) is 10. The highest BCUT2D eigenvalue weighted by atomic mass is 16.4. The third-order valence-corrected chi connectivity index (χ3v) is 8.79. The first-order valence-corrected chi connectivity index (χ1v) is 16.1. The Kier molecular flexibility index (Phi) is 8.07. The van der Waals surface area contributed by atoms with Crippen molar-refractivity contribution in [2.24, 2.45) is 0 Å². The summed E-state index contributed by atoms with van der Waals surface area (Å²) in [5.74, 6) is -2.26. The average Bonchev–Trinajstić information content (AvgIpc) is 3.12. The average molecular weight is 663 g/mol. The molecule has 12 heteroatoms. The van der Waals surface area contributed by atoms with Gasteiger partial charge in [0.1, 0.15) is 0 Å². The van der Waals surface area contributed by atoms with Gasteiger partial charge in [-0.1, -0.05) is 24.3 Å². The van der Waals surface area contributed by atoms with Crippen LogP contribution in [0, 0.1) is 0 Å². The van der Waals surface area contributed by atoms with E-state index in [0.29, 0.717) is 37.6 Å². The Morgan fingerprint density at radius 3 is 1.00 bits per heavy atom. The maximum atomic E-state index is 12.4. The van der Waals surface area contributed by atoms with Crippen LogP contribution in [0.25, 0.3) is 33.6 Å². The minimum absolute atomic E-state index is 0.0214. The fourth-order valence-corrected chi connectivity index (χ4v) is 6.31. The molecular formula is C38H30N8O4. The first-order chi connectivity index (χ1) is 24.3. The molecule has 0 saturated heterocycles. The summed E-state index contributed by atoms with van der Waals surface area (Å²) in [6.07, 6.45) is 7.34. The molecule has 0 amide bonds. The fourth-order valence-electron chi connectivity index (χ4n) is 6.31. The number of fused-ring (bicyclic) bond motifs is 4. The number of nitrogens with zero attached hydrogens (tertiary/aromatic N) is 8. The van der Waals surface area contributed by atoms with Gasteiger partial charge in [-0.3, -0.25) is 29.7 Å². The van der Waals surface area contributed by atoms with Crippen LogP contribution < -0.4 is 0 Å². The van der Waals surface area contributed by atoms with Gasteiger partial charge < -0.3 is 10.2 Å². The molecular weight excluding hydrogens is 632 g/mol. The Morgan fingerprint density at radius 2 is 0.740 bits per heavy atom. The molecule has 0 aromatic carbocycles. The number of carbonyl (C=O) groups is 2. The van der Waals surface area contributed by atoms with Crippen molar-refractivity contribution in [2.45, 2.75) is 39.3 Å². The summed E-state index contributed by atoms with van der Waals surface area (Å²) in [4.78, 5) is 57.7. The normalized spacial score (nSPS) is 16.6. The number of aromatic carboxylic acids is 2. The van der Waals surface area contributed by atoms with Gasteiger partial charge in [0.2, 0.25) is 0 Å². The second kappa shape index (κ2) is 13.0. The smallest absolute Gasteiger partial charge is 0.335 e. The van der Waals surface area contributed by atoms with Crippen molar-refractivity contribution in [3.63, 3.8) is 0 Å². The molecule has 0 radical (unpaired) electrons. The van der Waals surface area contributed by atoms with Gasteiger partial charge in [0.25, 0.3) is 0 Å². The molecule has 12 rings (SSSR count). The molecule has 0 unspecified atom stereocenters. The number of aromatic nitrogens is 6. The molecule has 14 bridgehead atoms. The van der Waals surface area contributed by atoms with E-state index in [9.17, 15) is 19.8 Å². The van der Waals surface area contributed by atoms with Crippen LogP contribution in [0.15, 0.2) is 97.6 Å². The molecule has 0 fully saturated rings. The Bertz CT molecular complexity index is 1970. The van der Waals surface area contributed by atoms with Crippen molar-refractivity contribution in [2.75, 3.05) is 0 Å². The highest BCUT2D eigenvalue weighted by molar-refractivity contribution is 5.90. The minimum Gasteiger partial charge on any atom is -0.478 e. The van der Waals surface area contributed by atoms with E-state index in [-0.39, 0.29) is 35.6 Å². The lowest BCUT2D eigenvalue weighted by Crippen LogP contribution is -2.25. The van der Waals surface area contributed by atoms with E-state index in [2.05, 4.69) is 9.80 Å². The van der Waals surface area contributed by atoms with Crippen LogP contribution in [0.2, 0.25) is 0 Å². The number of pyridine rings is 6. The van der Waals surface area contributed by atoms with Gasteiger partial charge in [-0.15, -0.1) is 0 Å². The van der Waals surface area contributed by atoms with E-state index in [1.165, 1.54) is 12.1 Å². The first kappa shape index (κ1) is 31.1. The van der Waals surface area contributed by atoms with Gasteiger partial charge in [-0.25, -0.2) is 19.6 Å². The van der Waals surface area contributed by atoms with Crippen LogP contribution in [-0.2, 0) is 39.3 Å². The Labute approximate surface area is 286 Å². The van der Waals surface area contributed by atoms with Gasteiger partial charge in [-0.2, -0.15) is 0 Å². The molecule has 2 N–H and O–H groups in total. The van der Waals surface area contributed by atoms with Gasteiger partial charge in [-0.05, 0) is 48.5 Å². The molecule has 0 atom stereocenters. The van der Waals surface area contributed by atoms with Crippen LogP contribution in [0.5, 0.6) is 0 Å². The quantitative estimate of drug-likeness (QED) is 0.241. The van der Waals surface area contributed by atoms with E-state index >= 15 is 0 Å². The SMILES string of the molecule is O=C(O)c1cc2nc(c1)-c1cc(C(=O)O)cc(n1)CN1Cc3ccc(cn3)-c3ccc(nc3)CN(Cc3ccc(cn3)-c3ccc(nc3)C1)C2. The van der Waals surface area contributed by atoms with Gasteiger partial charge in [0.15, 0.2) is 0 Å². The summed E-state index contributed by atoms with van der Waals surface area (Å²) >= 11 is 0. The lowest BCUT2D eigenvalue weighted by atomic mass is 10.1. The zero-order valence-electron chi connectivity index (χ0n) is 26.8. The molecule has 12 heterocycles. The van der Waals surface area contributed by atoms with Crippen molar-refractivity contribution in [1.29, 1.82) is 0 Å². The van der Waals surface area contributed by atoms with E-state index in [1.54, 1.807) is 12.1 Å². The largest absolute Gasteiger partial charge is 0.478 e. The van der Waals surface area contributed by atoms with E-state index < -0.39 is 11.9 Å². The van der Waals surface area contributed by atoms with Gasteiger partial charge in [0.05, 0.1) is 56.7 Å². The number of carboxylic acid groups (broad SMARTS) is 2. The number of hydrogen-bond donors (Lipinski definition) is 2. The molecule has 0 aliphatic carbocycles. The minimum atomic E-state index is -1.13. The van der Waals surface area contributed by atoms with E-state index in [1.807, 2.05) is 73.3 Å². The third-order valence-electron chi connectivity index (χ3n) is 8.79. The Morgan fingerprint density at radius 1 is 0.440 bits per heavy atom. The van der Waals surface area contributed by atoms with E-state index in [0.717, 1.165) is 45.0 Å². The maximum absolute atomic E-state index is 12.4. The lowest BCUT2D eigenvalue weighted by Gasteiger charge is -2.23. The topological polar surface area (TPSA) is 158 Å². The van der Waals surface area contributed by atoms with Crippen LogP contribution in [0.1, 0.15) is 54.9 Å². The third kappa shape index (κ3) is 6.70. The van der Waals surface area contributed by atoms with Gasteiger partial charge >= 0.3 is 11.9 Å². The molecule has 246 valence electrons. The number of carboxylic acids is 2. The van der Waals surface area contributed by atoms with Crippen LogP contribution in [0.3, 0.4) is 0 Å². The molecule has 50 heavy (non-hydrogen) atoms. The Hall–Kier alpha value is -6.24. The molecule has 6 aromatic rings. The standard InChI is InChI=1S/C38H30N8O4/c47-37(48)27-9-33-21-45-17-29-5-1-23(13-39-29)24-2-6-30(40-14-24)19-46(22-34-10-28(38(49)50)12-36(44-34)35(11-27)43-33)20-32-8-4-26(16-42-32)25-3-7-31(18-45)41-15-25/h1-16H,17-22H2,(H,47,48)(H,49,50). The summed E-state index contributed by atoms with van der Waals surface area (Å²) in [5, 5.41) is 20.2. The zero-order chi connectivity index (χ0) is 34.2. The summed E-state index contributed by atoms with van der Waals surface area (Å²) in [5.41, 5.74) is 8.48. The summed E-state index contributed by atoms with van der Waals surface area (Å²) in [6.45, 7) is 2.22. The van der Waals surface area contributed by atoms with Crippen LogP contribution >= 0.6 is 0 Å². The van der Waals surface area contributed by atoms with Crippen molar-refractivity contribution >= 4 is 11.9 Å². The molecule has 0 saturated carbocycles.